The minimum Gasteiger partial charge on any atom is -0.508 e. The minimum absolute atomic E-state index is 0.0467. The summed E-state index contributed by atoms with van der Waals surface area (Å²) in [5, 5.41) is 21.6. The number of benzene rings is 1. The van der Waals surface area contributed by atoms with E-state index in [4.69, 9.17) is 14.5 Å². The summed E-state index contributed by atoms with van der Waals surface area (Å²) in [7, 11) is 0. The third kappa shape index (κ3) is 3.61. The Kier molecular flexibility index (Phi) is 5.05. The average Bonchev–Trinajstić information content (AvgIpc) is 2.73. The van der Waals surface area contributed by atoms with E-state index in [2.05, 4.69) is 11.1 Å². The molecule has 0 spiro atoms. The van der Waals surface area contributed by atoms with Gasteiger partial charge < -0.3 is 19.7 Å². The molecule has 2 N–H and O–H groups in total. The molecule has 1 saturated heterocycles. The number of phenols is 1. The lowest BCUT2D eigenvalue weighted by atomic mass is 9.87. The molecule has 2 aliphatic rings. The van der Waals surface area contributed by atoms with Crippen molar-refractivity contribution in [1.29, 1.82) is 0 Å². The SMILES string of the molecule is Cc1cc(-c2c(C3CCOCC3)nc(O[C@H]3C[C@@H](O)C3)c3cc(O)ccc23)ccn1. The molecule has 1 saturated carbocycles. The summed E-state index contributed by atoms with van der Waals surface area (Å²) in [6.45, 7) is 3.43. The number of aliphatic hydroxyl groups excluding tert-OH is 1. The number of hydrogen-bond acceptors (Lipinski definition) is 6. The molecule has 6 nitrogen and oxygen atoms in total. The van der Waals surface area contributed by atoms with E-state index in [1.165, 1.54) is 0 Å². The molecule has 0 atom stereocenters. The standard InChI is InChI=1S/C24H26N2O4/c1-14-10-16(4-7-25-14)22-20-3-2-17(27)13-21(20)24(30-19-11-18(28)12-19)26-23(22)15-5-8-29-9-6-15/h2-4,7,10,13,15,18-19,27-28H,5-6,8-9,11-12H2,1H3/t18-,19+. The van der Waals surface area contributed by atoms with Crippen LogP contribution in [0.25, 0.3) is 21.9 Å². The van der Waals surface area contributed by atoms with Gasteiger partial charge in [-0.1, -0.05) is 0 Å². The van der Waals surface area contributed by atoms with Crippen LogP contribution in [0.15, 0.2) is 36.5 Å². The molecule has 1 aliphatic heterocycles. The number of ether oxygens (including phenoxy) is 2. The molecule has 6 heteroatoms. The molecule has 30 heavy (non-hydrogen) atoms. The highest BCUT2D eigenvalue weighted by Crippen LogP contribution is 2.43. The van der Waals surface area contributed by atoms with Crippen LogP contribution >= 0.6 is 0 Å². The summed E-state index contributed by atoms with van der Waals surface area (Å²) in [6, 6.07) is 9.47. The number of aromatic nitrogens is 2. The largest absolute Gasteiger partial charge is 0.508 e. The molecule has 0 amide bonds. The lowest BCUT2D eigenvalue weighted by Crippen LogP contribution is -2.37. The second-order valence-corrected chi connectivity index (χ2v) is 8.34. The fraction of sp³-hybridized carbons (Fsp3) is 0.417. The van der Waals surface area contributed by atoms with Gasteiger partial charge in [0.1, 0.15) is 11.9 Å². The van der Waals surface area contributed by atoms with Crippen molar-refractivity contribution in [2.24, 2.45) is 0 Å². The molecule has 0 bridgehead atoms. The third-order valence-corrected chi connectivity index (χ3v) is 6.12. The van der Waals surface area contributed by atoms with Gasteiger partial charge in [-0.15, -0.1) is 0 Å². The van der Waals surface area contributed by atoms with Gasteiger partial charge in [0.2, 0.25) is 5.88 Å². The Bertz CT molecular complexity index is 1070. The molecule has 5 rings (SSSR count). The smallest absolute Gasteiger partial charge is 0.222 e. The Morgan fingerprint density at radius 2 is 1.87 bits per heavy atom. The number of phenolic OH excluding ortho intramolecular Hbond substituents is 1. The van der Waals surface area contributed by atoms with Crippen LogP contribution in [0.2, 0.25) is 0 Å². The summed E-state index contributed by atoms with van der Waals surface area (Å²) in [5.74, 6) is 0.988. The molecule has 3 heterocycles. The van der Waals surface area contributed by atoms with Gasteiger partial charge in [-0.05, 0) is 61.0 Å². The summed E-state index contributed by atoms with van der Waals surface area (Å²) < 4.78 is 11.8. The summed E-state index contributed by atoms with van der Waals surface area (Å²) >= 11 is 0. The zero-order chi connectivity index (χ0) is 20.7. The van der Waals surface area contributed by atoms with Crippen LogP contribution in [0.5, 0.6) is 11.6 Å². The van der Waals surface area contributed by atoms with E-state index in [1.807, 2.05) is 25.3 Å². The van der Waals surface area contributed by atoms with Crippen LogP contribution in [0, 0.1) is 6.92 Å². The lowest BCUT2D eigenvalue weighted by molar-refractivity contribution is -0.0122. The fourth-order valence-electron chi connectivity index (χ4n) is 4.44. The number of rotatable bonds is 4. The maximum absolute atomic E-state index is 10.2. The summed E-state index contributed by atoms with van der Waals surface area (Å²) in [6.07, 6.45) is 4.52. The van der Waals surface area contributed by atoms with E-state index in [0.717, 1.165) is 59.3 Å². The molecule has 156 valence electrons. The molecule has 0 unspecified atom stereocenters. The highest BCUT2D eigenvalue weighted by Gasteiger charge is 2.31. The lowest BCUT2D eigenvalue weighted by Gasteiger charge is -2.32. The average molecular weight is 406 g/mol. The topological polar surface area (TPSA) is 84.7 Å². The van der Waals surface area contributed by atoms with E-state index in [1.54, 1.807) is 12.1 Å². The third-order valence-electron chi connectivity index (χ3n) is 6.12. The van der Waals surface area contributed by atoms with Gasteiger partial charge in [0.25, 0.3) is 0 Å². The molecule has 1 aromatic carbocycles. The maximum atomic E-state index is 10.2. The van der Waals surface area contributed by atoms with E-state index in [-0.39, 0.29) is 23.9 Å². The first-order valence-corrected chi connectivity index (χ1v) is 10.6. The Hall–Kier alpha value is -2.70. The van der Waals surface area contributed by atoms with Crippen molar-refractivity contribution in [3.05, 3.63) is 47.9 Å². The van der Waals surface area contributed by atoms with Crippen molar-refractivity contribution in [2.75, 3.05) is 13.2 Å². The van der Waals surface area contributed by atoms with Crippen molar-refractivity contribution in [3.63, 3.8) is 0 Å². The molecule has 2 fully saturated rings. The predicted molar refractivity (Wildman–Crippen MR) is 114 cm³/mol. The highest BCUT2D eigenvalue weighted by molar-refractivity contribution is 6.01. The Labute approximate surface area is 175 Å². The van der Waals surface area contributed by atoms with Crippen LogP contribution in [0.3, 0.4) is 0 Å². The molecule has 0 radical (unpaired) electrons. The minimum atomic E-state index is -0.302. The van der Waals surface area contributed by atoms with Gasteiger partial charge in [0.15, 0.2) is 0 Å². The van der Waals surface area contributed by atoms with Crippen LogP contribution in [0.1, 0.15) is 43.0 Å². The van der Waals surface area contributed by atoms with Crippen LogP contribution in [-0.4, -0.2) is 45.6 Å². The van der Waals surface area contributed by atoms with Crippen LogP contribution < -0.4 is 4.74 Å². The number of pyridine rings is 2. The number of aliphatic hydroxyl groups is 1. The fourth-order valence-corrected chi connectivity index (χ4v) is 4.44. The van der Waals surface area contributed by atoms with E-state index in [0.29, 0.717) is 18.7 Å². The Morgan fingerprint density at radius 1 is 1.07 bits per heavy atom. The molecule has 2 aromatic heterocycles. The quantitative estimate of drug-likeness (QED) is 0.678. The van der Waals surface area contributed by atoms with Gasteiger partial charge in [-0.3, -0.25) is 4.98 Å². The van der Waals surface area contributed by atoms with Gasteiger partial charge >= 0.3 is 0 Å². The summed E-state index contributed by atoms with van der Waals surface area (Å²) in [5.41, 5.74) is 4.10. The summed E-state index contributed by atoms with van der Waals surface area (Å²) in [4.78, 5) is 9.38. The number of fused-ring (bicyclic) bond motifs is 1. The van der Waals surface area contributed by atoms with Crippen LogP contribution in [0.4, 0.5) is 0 Å². The number of aromatic hydroxyl groups is 1. The maximum Gasteiger partial charge on any atom is 0.222 e. The van der Waals surface area contributed by atoms with Gasteiger partial charge in [-0.2, -0.15) is 0 Å². The zero-order valence-corrected chi connectivity index (χ0v) is 17.0. The van der Waals surface area contributed by atoms with E-state index >= 15 is 0 Å². The van der Waals surface area contributed by atoms with Crippen LogP contribution in [-0.2, 0) is 4.74 Å². The number of aryl methyl sites for hydroxylation is 1. The van der Waals surface area contributed by atoms with Gasteiger partial charge in [0.05, 0.1) is 11.8 Å². The monoisotopic (exact) mass is 406 g/mol. The normalized spacial score (nSPS) is 22.1. The Morgan fingerprint density at radius 3 is 2.60 bits per heavy atom. The van der Waals surface area contributed by atoms with E-state index in [9.17, 15) is 10.2 Å². The van der Waals surface area contributed by atoms with E-state index < -0.39 is 0 Å². The second-order valence-electron chi connectivity index (χ2n) is 8.34. The molecule has 3 aromatic rings. The second kappa shape index (κ2) is 7.85. The number of hydrogen-bond donors (Lipinski definition) is 2. The first-order valence-electron chi connectivity index (χ1n) is 10.6. The molecular weight excluding hydrogens is 380 g/mol. The zero-order valence-electron chi connectivity index (χ0n) is 17.0. The van der Waals surface area contributed by atoms with Crippen molar-refractivity contribution in [2.45, 2.75) is 50.7 Å². The highest BCUT2D eigenvalue weighted by atomic mass is 16.5. The van der Waals surface area contributed by atoms with Crippen molar-refractivity contribution in [3.8, 4) is 22.8 Å². The van der Waals surface area contributed by atoms with Crippen molar-refractivity contribution in [1.82, 2.24) is 9.97 Å². The van der Waals surface area contributed by atoms with Crippen molar-refractivity contribution >= 4 is 10.8 Å². The molecule has 1 aliphatic carbocycles. The Balaban J connectivity index is 1.72. The van der Waals surface area contributed by atoms with Gasteiger partial charge in [0, 0.05) is 54.8 Å². The number of nitrogens with zero attached hydrogens (tertiary/aromatic N) is 2. The molecular formula is C24H26N2O4. The van der Waals surface area contributed by atoms with Crippen molar-refractivity contribution < 1.29 is 19.7 Å². The first-order chi connectivity index (χ1) is 14.6. The predicted octanol–water partition coefficient (Wildman–Crippen LogP) is 4.11. The first kappa shape index (κ1) is 19.3. The van der Waals surface area contributed by atoms with Gasteiger partial charge in [-0.25, -0.2) is 4.98 Å².